The molecule has 1 atom stereocenters. The number of primary amides is 1. The van der Waals surface area contributed by atoms with Crippen LogP contribution in [0.15, 0.2) is 67.0 Å². The summed E-state index contributed by atoms with van der Waals surface area (Å²) in [6.45, 7) is 14.0. The normalized spacial score (nSPS) is 14.3. The fourth-order valence-electron chi connectivity index (χ4n) is 4.22. The molecule has 0 bridgehead atoms. The van der Waals surface area contributed by atoms with Crippen molar-refractivity contribution in [1.82, 2.24) is 24.5 Å². The van der Waals surface area contributed by atoms with Crippen molar-refractivity contribution in [1.29, 1.82) is 0 Å². The number of aromatic nitrogens is 4. The van der Waals surface area contributed by atoms with E-state index in [4.69, 9.17) is 14.6 Å². The maximum Gasteiger partial charge on any atom is 0.333 e. The van der Waals surface area contributed by atoms with Gasteiger partial charge >= 0.3 is 5.97 Å². The quantitative estimate of drug-likeness (QED) is 0.177. The highest BCUT2D eigenvalue weighted by molar-refractivity contribution is 5.87. The molecule has 2 aromatic heterocycles. The maximum absolute atomic E-state index is 10.6. The Kier molecular flexibility index (Phi) is 16.9. The summed E-state index contributed by atoms with van der Waals surface area (Å²) in [6, 6.07) is 10.1. The number of likely N-dealkylation sites (tertiary alicyclic amines) is 1. The minimum absolute atomic E-state index is 0.250. The number of hydrogen-bond donors (Lipinski definition) is 2. The number of hydrogen-bond acceptors (Lipinski definition) is 8. The number of nitrogens with two attached hydrogens (primary N) is 1. The second-order valence-corrected chi connectivity index (χ2v) is 9.62. The molecule has 1 aliphatic rings. The number of amides is 1. The van der Waals surface area contributed by atoms with Gasteiger partial charge < -0.3 is 25.4 Å². The average molecular weight is 582 g/mol. The Hall–Kier alpha value is -4.22. The van der Waals surface area contributed by atoms with Crippen LogP contribution < -0.4 is 11.1 Å². The van der Waals surface area contributed by atoms with Gasteiger partial charge in [-0.2, -0.15) is 10.2 Å². The van der Waals surface area contributed by atoms with Crippen LogP contribution in [0.5, 0.6) is 0 Å². The van der Waals surface area contributed by atoms with E-state index in [0.29, 0.717) is 5.57 Å². The number of carbonyl (C=O) groups excluding carboxylic acids is 2. The first-order chi connectivity index (χ1) is 20.2. The molecule has 1 aliphatic heterocycles. The van der Waals surface area contributed by atoms with E-state index in [1.165, 1.54) is 26.6 Å². The lowest BCUT2D eigenvalue weighted by molar-refractivity contribution is -0.136. The van der Waals surface area contributed by atoms with Crippen LogP contribution in [0.3, 0.4) is 0 Å². The Bertz CT molecular complexity index is 1250. The van der Waals surface area contributed by atoms with Gasteiger partial charge in [0.2, 0.25) is 6.41 Å². The number of benzene rings is 1. The van der Waals surface area contributed by atoms with Gasteiger partial charge in [0.05, 0.1) is 25.6 Å². The van der Waals surface area contributed by atoms with Crippen LogP contribution in [0.4, 0.5) is 5.82 Å². The standard InChI is InChI=1S/C15H17N5.C8H17NO.C7H10O2.CH3NO/c1-11-14(12-9-17-19(3)10-12)18-20(15(11)16-2)13-7-5-4-6-8-13;1-8-3-4-9(7-8)5-6-10-2;1-4-5-6(2)7(8)9-3;2-1-3/h4-10,16H,1-3H3;8H,3-7H2,1-2H3;4-5H,1H2,2-3H3;1H,(H2,2,3)/b;;6-5+;/t;8-;;/m.0../s1. The summed E-state index contributed by atoms with van der Waals surface area (Å²) < 4.78 is 13.1. The molecule has 230 valence electrons. The van der Waals surface area contributed by atoms with Gasteiger partial charge in [-0.05, 0) is 44.9 Å². The number of anilines is 1. The average Bonchev–Trinajstić information content (AvgIpc) is 3.70. The Morgan fingerprint density at radius 3 is 2.40 bits per heavy atom. The maximum atomic E-state index is 10.6. The summed E-state index contributed by atoms with van der Waals surface area (Å²) in [5.41, 5.74) is 8.86. The zero-order chi connectivity index (χ0) is 31.5. The van der Waals surface area contributed by atoms with Crippen molar-refractivity contribution >= 4 is 18.2 Å². The van der Waals surface area contributed by atoms with Crippen molar-refractivity contribution in [2.75, 3.05) is 52.8 Å². The van der Waals surface area contributed by atoms with E-state index in [1.807, 2.05) is 61.5 Å². The Morgan fingerprint density at radius 2 is 1.93 bits per heavy atom. The molecule has 3 aromatic rings. The Labute approximate surface area is 250 Å². The summed E-state index contributed by atoms with van der Waals surface area (Å²) in [6.07, 6.45) is 8.58. The number of nitrogens with zero attached hydrogens (tertiary/aromatic N) is 5. The molecule has 1 fully saturated rings. The smallest absolute Gasteiger partial charge is 0.333 e. The van der Waals surface area contributed by atoms with Gasteiger partial charge in [0.25, 0.3) is 0 Å². The molecule has 42 heavy (non-hydrogen) atoms. The molecule has 1 amide bonds. The lowest BCUT2D eigenvalue weighted by atomic mass is 10.1. The molecule has 11 nitrogen and oxygen atoms in total. The summed E-state index contributed by atoms with van der Waals surface area (Å²) in [4.78, 5) is 21.6. The Balaban J connectivity index is 0.000000337. The van der Waals surface area contributed by atoms with Crippen molar-refractivity contribution in [2.24, 2.45) is 18.7 Å². The molecule has 1 saturated heterocycles. The largest absolute Gasteiger partial charge is 0.466 e. The zero-order valence-electron chi connectivity index (χ0n) is 26.0. The fraction of sp³-hybridized carbons (Fsp3) is 0.419. The molecule has 1 aromatic carbocycles. The monoisotopic (exact) mass is 581 g/mol. The Morgan fingerprint density at radius 1 is 1.26 bits per heavy atom. The fourth-order valence-corrected chi connectivity index (χ4v) is 4.22. The van der Waals surface area contributed by atoms with E-state index < -0.39 is 0 Å². The van der Waals surface area contributed by atoms with Gasteiger partial charge in [-0.3, -0.25) is 9.48 Å². The lowest BCUT2D eigenvalue weighted by Crippen LogP contribution is -2.24. The topological polar surface area (TPSA) is 130 Å². The number of para-hydroxylation sites is 1. The van der Waals surface area contributed by atoms with E-state index in [2.05, 4.69) is 46.2 Å². The van der Waals surface area contributed by atoms with Gasteiger partial charge in [0.1, 0.15) is 11.5 Å². The van der Waals surface area contributed by atoms with E-state index in [-0.39, 0.29) is 12.4 Å². The number of ether oxygens (including phenoxy) is 2. The number of carbonyl (C=O) groups is 2. The number of methoxy groups -OCH3 is 2. The van der Waals surface area contributed by atoms with E-state index in [0.717, 1.165) is 47.4 Å². The van der Waals surface area contributed by atoms with Crippen LogP contribution in [0.2, 0.25) is 0 Å². The van der Waals surface area contributed by atoms with Gasteiger partial charge in [-0.25, -0.2) is 9.48 Å². The summed E-state index contributed by atoms with van der Waals surface area (Å²) in [5.74, 6) is 1.59. The third kappa shape index (κ3) is 11.7. The SMILES string of the molecule is C=C/C=C(\C)C(=O)OC.CNc1c(C)c(-c2cnn(C)c2)nn1-c1ccccc1.COCCN1CC[C@H](C)C1.NC=O. The summed E-state index contributed by atoms with van der Waals surface area (Å²) in [7, 11) is 6.94. The first kappa shape index (κ1) is 35.8. The van der Waals surface area contributed by atoms with Crippen molar-refractivity contribution < 1.29 is 19.1 Å². The molecule has 0 saturated carbocycles. The highest BCUT2D eigenvalue weighted by Crippen LogP contribution is 2.29. The molecule has 0 aliphatic carbocycles. The minimum Gasteiger partial charge on any atom is -0.466 e. The van der Waals surface area contributed by atoms with Crippen LogP contribution in [0.25, 0.3) is 16.9 Å². The van der Waals surface area contributed by atoms with Crippen LogP contribution in [0.1, 0.15) is 25.8 Å². The molecule has 0 unspecified atom stereocenters. The predicted molar refractivity (Wildman–Crippen MR) is 168 cm³/mol. The van der Waals surface area contributed by atoms with Crippen molar-refractivity contribution in [3.8, 4) is 16.9 Å². The van der Waals surface area contributed by atoms with Gasteiger partial charge in [0.15, 0.2) is 0 Å². The van der Waals surface area contributed by atoms with Gasteiger partial charge in [0, 0.05) is 57.2 Å². The molecule has 0 radical (unpaired) electrons. The second-order valence-electron chi connectivity index (χ2n) is 9.62. The van der Waals surface area contributed by atoms with Crippen molar-refractivity contribution in [3.05, 3.63) is 72.6 Å². The zero-order valence-corrected chi connectivity index (χ0v) is 26.0. The van der Waals surface area contributed by atoms with Gasteiger partial charge in [-0.1, -0.05) is 43.9 Å². The summed E-state index contributed by atoms with van der Waals surface area (Å²) in [5, 5.41) is 12.2. The third-order valence-corrected chi connectivity index (χ3v) is 6.33. The first-order valence-corrected chi connectivity index (χ1v) is 13.7. The molecule has 3 heterocycles. The van der Waals surface area contributed by atoms with Gasteiger partial charge in [-0.15, -0.1) is 0 Å². The number of aryl methyl sites for hydroxylation is 1. The second kappa shape index (κ2) is 19.8. The predicted octanol–water partition coefficient (Wildman–Crippen LogP) is 3.99. The van der Waals surface area contributed by atoms with Crippen LogP contribution in [-0.4, -0.2) is 84.3 Å². The van der Waals surface area contributed by atoms with Crippen LogP contribution >= 0.6 is 0 Å². The van der Waals surface area contributed by atoms with E-state index in [1.54, 1.807) is 30.9 Å². The lowest BCUT2D eigenvalue weighted by Gasteiger charge is -2.13. The number of allylic oxidation sites excluding steroid dienone is 2. The first-order valence-electron chi connectivity index (χ1n) is 13.7. The number of rotatable bonds is 8. The van der Waals surface area contributed by atoms with Crippen molar-refractivity contribution in [2.45, 2.75) is 27.2 Å². The molecule has 0 spiro atoms. The minimum atomic E-state index is -0.310. The molecular weight excluding hydrogens is 534 g/mol. The van der Waals surface area contributed by atoms with Crippen molar-refractivity contribution in [3.63, 3.8) is 0 Å². The van der Waals surface area contributed by atoms with Crippen LogP contribution in [-0.2, 0) is 26.1 Å². The summed E-state index contributed by atoms with van der Waals surface area (Å²) >= 11 is 0. The molecular formula is C31H47N7O4. The van der Waals surface area contributed by atoms with E-state index in [9.17, 15) is 4.79 Å². The highest BCUT2D eigenvalue weighted by Gasteiger charge is 2.18. The molecule has 4 rings (SSSR count). The number of esters is 1. The third-order valence-electron chi connectivity index (χ3n) is 6.33. The molecule has 11 heteroatoms. The van der Waals surface area contributed by atoms with E-state index >= 15 is 0 Å². The van der Waals surface area contributed by atoms with Crippen LogP contribution in [0, 0.1) is 12.8 Å². The highest BCUT2D eigenvalue weighted by atomic mass is 16.5. The number of nitrogens with one attached hydrogen (secondary N) is 1. The molecule has 3 N–H and O–H groups in total.